The molecule has 1 aliphatic heterocycles. The molecule has 0 bridgehead atoms. The molecule has 0 radical (unpaired) electrons. The van der Waals surface area contributed by atoms with Crippen LogP contribution in [-0.4, -0.2) is 35.7 Å². The number of hydrogen-bond donors (Lipinski definition) is 2. The number of rotatable bonds is 4. The van der Waals surface area contributed by atoms with Gasteiger partial charge in [0.25, 0.3) is 0 Å². The molecule has 1 aromatic rings. The van der Waals surface area contributed by atoms with Gasteiger partial charge in [-0.1, -0.05) is 24.3 Å². The van der Waals surface area contributed by atoms with Crippen LogP contribution in [0.15, 0.2) is 24.3 Å². The molecular formula is C20H25NO4. The molecule has 1 saturated carbocycles. The van der Waals surface area contributed by atoms with Crippen molar-refractivity contribution in [3.63, 3.8) is 0 Å². The number of benzene rings is 1. The molecule has 134 valence electrons. The Balaban J connectivity index is 1.52. The van der Waals surface area contributed by atoms with E-state index in [0.717, 1.165) is 25.7 Å². The van der Waals surface area contributed by atoms with Gasteiger partial charge in [-0.3, -0.25) is 9.59 Å². The van der Waals surface area contributed by atoms with E-state index in [1.807, 2.05) is 0 Å². The summed E-state index contributed by atoms with van der Waals surface area (Å²) in [4.78, 5) is 24.3. The number of carbonyl (C=O) groups is 2. The van der Waals surface area contributed by atoms with Gasteiger partial charge in [0, 0.05) is 24.5 Å². The largest absolute Gasteiger partial charge is 0.481 e. The predicted molar refractivity (Wildman–Crippen MR) is 92.3 cm³/mol. The van der Waals surface area contributed by atoms with Crippen LogP contribution in [-0.2, 0) is 26.2 Å². The van der Waals surface area contributed by atoms with Crippen molar-refractivity contribution in [3.8, 4) is 0 Å². The second-order valence-corrected chi connectivity index (χ2v) is 7.88. The van der Waals surface area contributed by atoms with Crippen LogP contribution >= 0.6 is 0 Å². The second-order valence-electron chi connectivity index (χ2n) is 7.88. The zero-order valence-electron chi connectivity index (χ0n) is 14.4. The maximum Gasteiger partial charge on any atom is 0.305 e. The molecule has 2 unspecified atom stereocenters. The van der Waals surface area contributed by atoms with Crippen molar-refractivity contribution in [2.45, 2.75) is 55.9 Å². The van der Waals surface area contributed by atoms with Gasteiger partial charge in [0.05, 0.1) is 12.0 Å². The Morgan fingerprint density at radius 1 is 1.20 bits per heavy atom. The van der Waals surface area contributed by atoms with E-state index in [4.69, 9.17) is 4.74 Å². The third kappa shape index (κ3) is 2.95. The summed E-state index contributed by atoms with van der Waals surface area (Å²) >= 11 is 0. The molecule has 3 aliphatic rings. The number of aliphatic carboxylic acids is 1. The smallest absolute Gasteiger partial charge is 0.305 e. The van der Waals surface area contributed by atoms with Gasteiger partial charge in [-0.25, -0.2) is 0 Å². The van der Waals surface area contributed by atoms with E-state index in [9.17, 15) is 14.7 Å². The molecule has 5 heteroatoms. The molecule has 5 nitrogen and oxygen atoms in total. The normalized spacial score (nSPS) is 29.7. The Morgan fingerprint density at radius 3 is 2.72 bits per heavy atom. The van der Waals surface area contributed by atoms with Crippen LogP contribution in [0.3, 0.4) is 0 Å². The lowest BCUT2D eigenvalue weighted by Crippen LogP contribution is -2.54. The van der Waals surface area contributed by atoms with Crippen molar-refractivity contribution in [1.82, 2.24) is 5.32 Å². The maximum atomic E-state index is 13.0. The number of ether oxygens (including phenoxy) is 1. The van der Waals surface area contributed by atoms with E-state index in [-0.39, 0.29) is 23.7 Å². The molecule has 4 rings (SSSR count). The average Bonchev–Trinajstić information content (AvgIpc) is 3.30. The molecule has 1 heterocycles. The van der Waals surface area contributed by atoms with Crippen LogP contribution in [0.1, 0.15) is 49.7 Å². The summed E-state index contributed by atoms with van der Waals surface area (Å²) in [7, 11) is 0. The molecule has 0 aromatic heterocycles. The molecule has 1 saturated heterocycles. The highest BCUT2D eigenvalue weighted by molar-refractivity contribution is 5.86. The van der Waals surface area contributed by atoms with E-state index in [2.05, 4.69) is 29.6 Å². The number of aryl methyl sites for hydroxylation is 1. The van der Waals surface area contributed by atoms with Gasteiger partial charge < -0.3 is 15.2 Å². The Hall–Kier alpha value is -1.88. The summed E-state index contributed by atoms with van der Waals surface area (Å²) < 4.78 is 5.38. The number of amides is 1. The van der Waals surface area contributed by atoms with Gasteiger partial charge in [-0.05, 0) is 49.7 Å². The first-order valence-electron chi connectivity index (χ1n) is 9.25. The van der Waals surface area contributed by atoms with E-state index in [1.165, 1.54) is 11.1 Å². The molecule has 25 heavy (non-hydrogen) atoms. The summed E-state index contributed by atoms with van der Waals surface area (Å²) in [6.07, 6.45) is 5.26. The third-order valence-corrected chi connectivity index (χ3v) is 6.34. The number of fused-ring (bicyclic) bond motifs is 2. The maximum absolute atomic E-state index is 13.0. The third-order valence-electron chi connectivity index (χ3n) is 6.34. The molecule has 2 fully saturated rings. The molecule has 2 aliphatic carbocycles. The first-order valence-corrected chi connectivity index (χ1v) is 9.25. The zero-order chi connectivity index (χ0) is 17.5. The Kier molecular flexibility index (Phi) is 4.07. The lowest BCUT2D eigenvalue weighted by Gasteiger charge is -2.37. The summed E-state index contributed by atoms with van der Waals surface area (Å²) in [6.45, 7) is 1.01. The van der Waals surface area contributed by atoms with E-state index in [0.29, 0.717) is 26.1 Å². The van der Waals surface area contributed by atoms with Crippen LogP contribution in [0, 0.1) is 5.92 Å². The van der Waals surface area contributed by atoms with Crippen LogP contribution in [0.5, 0.6) is 0 Å². The summed E-state index contributed by atoms with van der Waals surface area (Å²) in [5, 5.41) is 12.4. The molecule has 1 spiro atoms. The molecule has 1 amide bonds. The molecule has 1 aromatic carbocycles. The second kappa shape index (κ2) is 6.13. The molecule has 2 atom stereocenters. The van der Waals surface area contributed by atoms with Gasteiger partial charge >= 0.3 is 5.97 Å². The van der Waals surface area contributed by atoms with Gasteiger partial charge in [-0.15, -0.1) is 0 Å². The highest BCUT2D eigenvalue weighted by atomic mass is 16.5. The first-order chi connectivity index (χ1) is 12.0. The van der Waals surface area contributed by atoms with Gasteiger partial charge in [0.15, 0.2) is 0 Å². The van der Waals surface area contributed by atoms with E-state index in [1.54, 1.807) is 0 Å². The van der Waals surface area contributed by atoms with E-state index >= 15 is 0 Å². The lowest BCUT2D eigenvalue weighted by atomic mass is 9.78. The van der Waals surface area contributed by atoms with Gasteiger partial charge in [-0.2, -0.15) is 0 Å². The lowest BCUT2D eigenvalue weighted by molar-refractivity contribution is -0.140. The number of carboxylic acid groups (broad SMARTS) is 1. The first kappa shape index (κ1) is 16.6. The minimum absolute atomic E-state index is 0.0193. The van der Waals surface area contributed by atoms with Crippen LogP contribution < -0.4 is 5.32 Å². The van der Waals surface area contributed by atoms with Gasteiger partial charge in [0.2, 0.25) is 5.91 Å². The van der Waals surface area contributed by atoms with E-state index < -0.39 is 11.5 Å². The Morgan fingerprint density at radius 2 is 1.96 bits per heavy atom. The quantitative estimate of drug-likeness (QED) is 0.880. The number of carbonyl (C=O) groups excluding carboxylic acids is 1. The zero-order valence-corrected chi connectivity index (χ0v) is 14.4. The van der Waals surface area contributed by atoms with Crippen molar-refractivity contribution in [2.75, 3.05) is 13.2 Å². The topological polar surface area (TPSA) is 75.6 Å². The number of nitrogens with one attached hydrogen (secondary N) is 1. The summed E-state index contributed by atoms with van der Waals surface area (Å²) in [5.74, 6) is -0.863. The van der Waals surface area contributed by atoms with Crippen LogP contribution in [0.2, 0.25) is 0 Å². The van der Waals surface area contributed by atoms with Crippen molar-refractivity contribution in [1.29, 1.82) is 0 Å². The average molecular weight is 343 g/mol. The number of carboxylic acids is 1. The fraction of sp³-hybridized carbons (Fsp3) is 0.600. The monoisotopic (exact) mass is 343 g/mol. The highest BCUT2D eigenvalue weighted by Gasteiger charge is 2.60. The van der Waals surface area contributed by atoms with Crippen molar-refractivity contribution in [3.05, 3.63) is 35.4 Å². The van der Waals surface area contributed by atoms with Crippen molar-refractivity contribution < 1.29 is 19.4 Å². The Labute approximate surface area is 147 Å². The summed E-state index contributed by atoms with van der Waals surface area (Å²) in [5.41, 5.74) is 2.03. The van der Waals surface area contributed by atoms with Gasteiger partial charge in [0.1, 0.15) is 0 Å². The minimum atomic E-state index is -0.865. The van der Waals surface area contributed by atoms with Crippen LogP contribution in [0.25, 0.3) is 0 Å². The fourth-order valence-corrected chi connectivity index (χ4v) is 4.92. The minimum Gasteiger partial charge on any atom is -0.481 e. The molecular weight excluding hydrogens is 318 g/mol. The predicted octanol–water partition coefficient (Wildman–Crippen LogP) is 2.42. The SMILES string of the molecule is O=C(O)CC1(NC(=O)C2CC23CCCc2ccccc23)CCOCC1. The standard InChI is InChI=1S/C20H25NO4/c22-17(23)13-19(8-10-25-11-9-19)21-18(24)16-12-20(16)7-3-5-14-4-1-2-6-15(14)20/h1-2,4,6,16H,3,5,7-13H2,(H,21,24)(H,22,23). The van der Waals surface area contributed by atoms with Crippen molar-refractivity contribution in [2.24, 2.45) is 5.92 Å². The molecule has 2 N–H and O–H groups in total. The number of hydrogen-bond acceptors (Lipinski definition) is 3. The fourth-order valence-electron chi connectivity index (χ4n) is 4.92. The van der Waals surface area contributed by atoms with Crippen molar-refractivity contribution >= 4 is 11.9 Å². The van der Waals surface area contributed by atoms with Crippen LogP contribution in [0.4, 0.5) is 0 Å². The Bertz CT molecular complexity index is 695. The highest BCUT2D eigenvalue weighted by Crippen LogP contribution is 2.60. The summed E-state index contributed by atoms with van der Waals surface area (Å²) in [6, 6.07) is 8.47.